The van der Waals surface area contributed by atoms with Gasteiger partial charge in [-0.25, -0.2) is 0 Å². The van der Waals surface area contributed by atoms with E-state index in [9.17, 15) is 4.79 Å². The van der Waals surface area contributed by atoms with Crippen LogP contribution in [0.3, 0.4) is 0 Å². The van der Waals surface area contributed by atoms with Gasteiger partial charge in [0.15, 0.2) is 0 Å². The highest BCUT2D eigenvalue weighted by Gasteiger charge is 2.05. The number of carbonyl (C=O) groups is 1. The van der Waals surface area contributed by atoms with Gasteiger partial charge in [-0.2, -0.15) is 11.8 Å². The molecule has 1 aromatic carbocycles. The van der Waals surface area contributed by atoms with Gasteiger partial charge in [0.1, 0.15) is 11.5 Å². The molecule has 4 nitrogen and oxygen atoms in total. The first-order valence-corrected chi connectivity index (χ1v) is 8.35. The summed E-state index contributed by atoms with van der Waals surface area (Å²) in [7, 11) is 1.65. The summed E-state index contributed by atoms with van der Waals surface area (Å²) in [4.78, 5) is 11.9. The van der Waals surface area contributed by atoms with Gasteiger partial charge in [0, 0.05) is 12.3 Å². The Labute approximate surface area is 135 Å². The monoisotopic (exact) mass is 319 g/mol. The van der Waals surface area contributed by atoms with Crippen molar-refractivity contribution in [3.63, 3.8) is 0 Å². The highest BCUT2D eigenvalue weighted by Crippen LogP contribution is 2.18. The molecule has 1 N–H and O–H groups in total. The molecule has 0 unspecified atom stereocenters. The number of carbonyl (C=O) groups excluding carboxylic acids is 1. The van der Waals surface area contributed by atoms with Crippen molar-refractivity contribution < 1.29 is 13.9 Å². The second-order valence-electron chi connectivity index (χ2n) is 4.96. The Morgan fingerprint density at radius 2 is 2.23 bits per heavy atom. The third-order valence-electron chi connectivity index (χ3n) is 3.22. The summed E-state index contributed by atoms with van der Waals surface area (Å²) in [6.07, 6.45) is 2.07. The zero-order valence-electron chi connectivity index (χ0n) is 12.9. The second-order valence-corrected chi connectivity index (χ2v) is 6.07. The number of hydrogen-bond acceptors (Lipinski definition) is 4. The van der Waals surface area contributed by atoms with Crippen LogP contribution in [0.15, 0.2) is 41.0 Å². The van der Waals surface area contributed by atoms with Gasteiger partial charge in [-0.05, 0) is 36.2 Å². The number of thioether (sulfide) groups is 1. The van der Waals surface area contributed by atoms with Gasteiger partial charge < -0.3 is 14.5 Å². The largest absolute Gasteiger partial charge is 0.496 e. The predicted octanol–water partition coefficient (Wildman–Crippen LogP) is 3.19. The molecular weight excluding hydrogens is 298 g/mol. The molecule has 2 rings (SSSR count). The Morgan fingerprint density at radius 1 is 1.36 bits per heavy atom. The Kier molecular flexibility index (Phi) is 6.40. The number of nitrogens with one attached hydrogen (secondary N) is 1. The number of hydrogen-bond donors (Lipinski definition) is 1. The normalized spacial score (nSPS) is 10.5. The van der Waals surface area contributed by atoms with E-state index in [1.807, 2.05) is 37.3 Å². The maximum atomic E-state index is 11.9. The van der Waals surface area contributed by atoms with Crippen LogP contribution in [0.4, 0.5) is 0 Å². The van der Waals surface area contributed by atoms with Gasteiger partial charge >= 0.3 is 0 Å². The topological polar surface area (TPSA) is 51.5 Å². The van der Waals surface area contributed by atoms with Crippen LogP contribution in [0.5, 0.6) is 5.75 Å². The average Bonchev–Trinajstić information content (AvgIpc) is 3.00. The highest BCUT2D eigenvalue weighted by molar-refractivity contribution is 7.98. The van der Waals surface area contributed by atoms with Crippen molar-refractivity contribution in [2.45, 2.75) is 19.1 Å². The predicted molar refractivity (Wildman–Crippen MR) is 89.3 cm³/mol. The zero-order valence-corrected chi connectivity index (χ0v) is 13.7. The minimum atomic E-state index is 0.0446. The van der Waals surface area contributed by atoms with E-state index in [0.29, 0.717) is 13.0 Å². The van der Waals surface area contributed by atoms with E-state index in [-0.39, 0.29) is 5.91 Å². The standard InChI is InChI=1S/C17H21NO3S/c1-13-10-14(5-6-16(13)20-2)11-17(19)18-7-9-22-12-15-4-3-8-21-15/h3-6,8,10H,7,9,11-12H2,1-2H3,(H,18,19). The smallest absolute Gasteiger partial charge is 0.224 e. The number of rotatable bonds is 8. The first-order chi connectivity index (χ1) is 10.7. The van der Waals surface area contributed by atoms with Crippen molar-refractivity contribution >= 4 is 17.7 Å². The van der Waals surface area contributed by atoms with Crippen molar-refractivity contribution in [2.75, 3.05) is 19.4 Å². The maximum Gasteiger partial charge on any atom is 0.224 e. The first-order valence-electron chi connectivity index (χ1n) is 7.19. The van der Waals surface area contributed by atoms with E-state index in [1.165, 1.54) is 0 Å². The Hall–Kier alpha value is -1.88. The first kappa shape index (κ1) is 16.5. The number of aryl methyl sites for hydroxylation is 1. The van der Waals surface area contributed by atoms with E-state index in [1.54, 1.807) is 25.1 Å². The third-order valence-corrected chi connectivity index (χ3v) is 4.20. The highest BCUT2D eigenvalue weighted by atomic mass is 32.2. The van der Waals surface area contributed by atoms with E-state index < -0.39 is 0 Å². The Bertz CT molecular complexity index is 596. The fourth-order valence-electron chi connectivity index (χ4n) is 2.13. The van der Waals surface area contributed by atoms with Gasteiger partial charge in [0.05, 0.1) is 25.5 Å². The van der Waals surface area contributed by atoms with E-state index >= 15 is 0 Å². The molecule has 2 aromatic rings. The molecule has 0 bridgehead atoms. The fourth-order valence-corrected chi connectivity index (χ4v) is 2.88. The molecular formula is C17H21NO3S. The molecule has 118 valence electrons. The van der Waals surface area contributed by atoms with E-state index in [4.69, 9.17) is 9.15 Å². The molecule has 1 heterocycles. The van der Waals surface area contributed by atoms with Gasteiger partial charge in [-0.15, -0.1) is 0 Å². The molecule has 0 atom stereocenters. The molecule has 0 saturated carbocycles. The lowest BCUT2D eigenvalue weighted by Gasteiger charge is -2.08. The minimum absolute atomic E-state index is 0.0446. The molecule has 1 amide bonds. The lowest BCUT2D eigenvalue weighted by molar-refractivity contribution is -0.120. The summed E-state index contributed by atoms with van der Waals surface area (Å²) < 4.78 is 10.5. The van der Waals surface area contributed by atoms with Crippen LogP contribution in [0, 0.1) is 6.92 Å². The second kappa shape index (κ2) is 8.54. The molecule has 5 heteroatoms. The molecule has 22 heavy (non-hydrogen) atoms. The van der Waals surface area contributed by atoms with Crippen molar-refractivity contribution in [3.05, 3.63) is 53.5 Å². The SMILES string of the molecule is COc1ccc(CC(=O)NCCSCc2ccco2)cc1C. The number of benzene rings is 1. The Morgan fingerprint density at radius 3 is 2.91 bits per heavy atom. The van der Waals surface area contributed by atoms with Crippen LogP contribution in [0.1, 0.15) is 16.9 Å². The van der Waals surface area contributed by atoms with Gasteiger partial charge in [0.25, 0.3) is 0 Å². The van der Waals surface area contributed by atoms with Crippen LogP contribution in [0.2, 0.25) is 0 Å². The van der Waals surface area contributed by atoms with Gasteiger partial charge in [-0.1, -0.05) is 12.1 Å². The molecule has 0 aliphatic carbocycles. The van der Waals surface area contributed by atoms with Crippen LogP contribution < -0.4 is 10.1 Å². The molecule has 0 spiro atoms. The summed E-state index contributed by atoms with van der Waals surface area (Å²) in [6.45, 7) is 2.64. The summed E-state index contributed by atoms with van der Waals surface area (Å²) in [5, 5.41) is 2.94. The van der Waals surface area contributed by atoms with Crippen LogP contribution in [-0.4, -0.2) is 25.3 Å². The molecule has 0 fully saturated rings. The van der Waals surface area contributed by atoms with Gasteiger partial charge in [-0.3, -0.25) is 4.79 Å². The summed E-state index contributed by atoms with van der Waals surface area (Å²) in [6, 6.07) is 9.66. The van der Waals surface area contributed by atoms with Crippen molar-refractivity contribution in [1.82, 2.24) is 5.32 Å². The molecule has 0 aliphatic rings. The molecule has 1 aromatic heterocycles. The van der Waals surface area contributed by atoms with E-state index in [0.717, 1.165) is 34.1 Å². The maximum absolute atomic E-state index is 11.9. The van der Waals surface area contributed by atoms with Crippen LogP contribution in [-0.2, 0) is 17.0 Å². The van der Waals surface area contributed by atoms with Crippen molar-refractivity contribution in [1.29, 1.82) is 0 Å². The summed E-state index contributed by atoms with van der Waals surface area (Å²) in [5.41, 5.74) is 2.04. The van der Waals surface area contributed by atoms with Crippen LogP contribution in [0.25, 0.3) is 0 Å². The number of furan rings is 1. The number of ether oxygens (including phenoxy) is 1. The lowest BCUT2D eigenvalue weighted by Crippen LogP contribution is -2.27. The fraction of sp³-hybridized carbons (Fsp3) is 0.353. The quantitative estimate of drug-likeness (QED) is 0.759. The molecule has 0 aliphatic heterocycles. The molecule has 0 radical (unpaired) electrons. The van der Waals surface area contributed by atoms with Crippen molar-refractivity contribution in [3.8, 4) is 5.75 Å². The summed E-state index contributed by atoms with van der Waals surface area (Å²) in [5.74, 6) is 3.56. The number of amides is 1. The number of methoxy groups -OCH3 is 1. The van der Waals surface area contributed by atoms with Crippen molar-refractivity contribution in [2.24, 2.45) is 0 Å². The van der Waals surface area contributed by atoms with Crippen LogP contribution >= 0.6 is 11.8 Å². The van der Waals surface area contributed by atoms with E-state index in [2.05, 4.69) is 5.32 Å². The zero-order chi connectivity index (χ0) is 15.8. The average molecular weight is 319 g/mol. The van der Waals surface area contributed by atoms with Gasteiger partial charge in [0.2, 0.25) is 5.91 Å². The Balaban J connectivity index is 1.66. The summed E-state index contributed by atoms with van der Waals surface area (Å²) >= 11 is 1.74. The minimum Gasteiger partial charge on any atom is -0.496 e. The third kappa shape index (κ3) is 5.15. The lowest BCUT2D eigenvalue weighted by atomic mass is 10.1. The molecule has 0 saturated heterocycles.